The fourth-order valence-electron chi connectivity index (χ4n) is 0. The largest absolute Gasteiger partial charge is 2.00 e. The Labute approximate surface area is 104 Å². The zero-order valence-electron chi connectivity index (χ0n) is 5.73. The van der Waals surface area contributed by atoms with Gasteiger partial charge in [0.1, 0.15) is 0 Å². The maximum atomic E-state index is 6.75. The Balaban J connectivity index is -0.0000000150. The first kappa shape index (κ1) is 30.9. The van der Waals surface area contributed by atoms with Gasteiger partial charge in [0.2, 0.25) is 0 Å². The SMILES string of the molecule is [Ca+2].[Li+].[N-]=[N+]=[N-].[N-]=[N+]=[N-].[N-]=[N+]=[N-]. The van der Waals surface area contributed by atoms with E-state index in [1.807, 2.05) is 0 Å². The van der Waals surface area contributed by atoms with Crippen molar-refractivity contribution in [3.8, 4) is 0 Å². The second kappa shape index (κ2) is 97.3. The van der Waals surface area contributed by atoms with Crippen LogP contribution in [-0.2, 0) is 0 Å². The van der Waals surface area contributed by atoms with E-state index in [0.29, 0.717) is 0 Å². The van der Waals surface area contributed by atoms with Crippen LogP contribution in [0.1, 0.15) is 0 Å². The molecule has 0 bridgehead atoms. The van der Waals surface area contributed by atoms with Crippen molar-refractivity contribution >= 4 is 37.7 Å². The molecule has 0 saturated heterocycles. The predicted molar refractivity (Wildman–Crippen MR) is 36.0 cm³/mol. The second-order valence-electron chi connectivity index (χ2n) is 0.268. The molecule has 0 N–H and O–H groups in total. The van der Waals surface area contributed by atoms with Crippen LogP contribution in [0.2, 0.25) is 0 Å². The number of hydrogen-bond acceptors (Lipinski definition) is 0. The van der Waals surface area contributed by atoms with Crippen LogP contribution < -0.4 is 18.9 Å². The van der Waals surface area contributed by atoms with E-state index in [2.05, 4.69) is 0 Å². The van der Waals surface area contributed by atoms with Crippen LogP contribution in [-0.4, -0.2) is 37.7 Å². The molecule has 0 aliphatic rings. The molecular formula is CaLiN9. The van der Waals surface area contributed by atoms with Crippen LogP contribution in [0, 0.1) is 0 Å². The summed E-state index contributed by atoms with van der Waals surface area (Å²) in [4.78, 5) is 4.50. The van der Waals surface area contributed by atoms with E-state index >= 15 is 0 Å². The minimum Gasteiger partial charge on any atom is -0.373 e. The molecule has 0 amide bonds. The summed E-state index contributed by atoms with van der Waals surface area (Å²) in [6, 6.07) is 0. The van der Waals surface area contributed by atoms with Gasteiger partial charge in [0.15, 0.2) is 0 Å². The van der Waals surface area contributed by atoms with E-state index < -0.39 is 0 Å². The molecule has 0 spiro atoms. The molecule has 9 nitrogen and oxygen atoms in total. The summed E-state index contributed by atoms with van der Waals surface area (Å²) < 4.78 is 0. The summed E-state index contributed by atoms with van der Waals surface area (Å²) in [7, 11) is 0. The Morgan fingerprint density at radius 3 is 0.545 bits per heavy atom. The third-order valence-electron chi connectivity index (χ3n) is 0. The first-order valence-corrected chi connectivity index (χ1v) is 1.20. The summed E-state index contributed by atoms with van der Waals surface area (Å²) in [6.45, 7) is 0. The summed E-state index contributed by atoms with van der Waals surface area (Å²) >= 11 is 0. The van der Waals surface area contributed by atoms with Crippen molar-refractivity contribution in [1.29, 1.82) is 0 Å². The molecule has 0 heterocycles. The normalized spacial score (nSPS) is 2.18. The molecule has 48 valence electrons. The molecule has 0 aromatic carbocycles. The van der Waals surface area contributed by atoms with Gasteiger partial charge in [-0.3, -0.25) is 14.7 Å². The Bertz CT molecular complexity index is 101. The van der Waals surface area contributed by atoms with E-state index in [1.165, 1.54) is 14.7 Å². The van der Waals surface area contributed by atoms with Gasteiger partial charge in [0, 0.05) is 0 Å². The van der Waals surface area contributed by atoms with Crippen LogP contribution in [0.5, 0.6) is 0 Å². The van der Waals surface area contributed by atoms with Crippen molar-refractivity contribution in [1.82, 2.24) is 0 Å². The monoisotopic (exact) mass is 173 g/mol. The molecule has 0 radical (unpaired) electrons. The maximum absolute atomic E-state index is 6.75. The number of rotatable bonds is 0. The zero-order chi connectivity index (χ0) is 8.12. The summed E-state index contributed by atoms with van der Waals surface area (Å²) in [5, 5.41) is 0. The quantitative estimate of drug-likeness (QED) is 0.193. The van der Waals surface area contributed by atoms with E-state index in [0.717, 1.165) is 0 Å². The van der Waals surface area contributed by atoms with Crippen molar-refractivity contribution in [2.75, 3.05) is 0 Å². The molecule has 0 aliphatic carbocycles. The fourth-order valence-corrected chi connectivity index (χ4v) is 0. The maximum Gasteiger partial charge on any atom is 2.00 e. The summed E-state index contributed by atoms with van der Waals surface area (Å²) in [5.74, 6) is 0. The first-order valence-electron chi connectivity index (χ1n) is 1.20. The minimum atomic E-state index is 0. The second-order valence-corrected chi connectivity index (χ2v) is 0.268. The van der Waals surface area contributed by atoms with E-state index in [4.69, 9.17) is 33.2 Å². The molecule has 0 atom stereocenters. The third-order valence-corrected chi connectivity index (χ3v) is 0. The van der Waals surface area contributed by atoms with Gasteiger partial charge in [-0.15, -0.1) is 0 Å². The Kier molecular flexibility index (Phi) is 273. The van der Waals surface area contributed by atoms with Gasteiger partial charge in [-0.2, -0.15) is 0 Å². The first-order chi connectivity index (χ1) is 4.24. The van der Waals surface area contributed by atoms with Crippen LogP contribution in [0.4, 0.5) is 0 Å². The number of nitrogens with zero attached hydrogens (tertiary/aromatic N) is 9. The van der Waals surface area contributed by atoms with Gasteiger partial charge in [0.25, 0.3) is 0 Å². The van der Waals surface area contributed by atoms with Gasteiger partial charge in [0.05, 0.1) is 0 Å². The van der Waals surface area contributed by atoms with Gasteiger partial charge < -0.3 is 33.2 Å². The predicted octanol–water partition coefficient (Wildman–Crippen LogP) is -0.779. The average Bonchev–Trinajstić information content (AvgIpc) is 1.70. The molecule has 0 aromatic heterocycles. The molecule has 11 heavy (non-hydrogen) atoms. The molecule has 0 fully saturated rings. The van der Waals surface area contributed by atoms with Gasteiger partial charge in [-0.05, 0) is 0 Å². The smallest absolute Gasteiger partial charge is 0.373 e. The van der Waals surface area contributed by atoms with Crippen LogP contribution in [0.3, 0.4) is 0 Å². The average molecular weight is 173 g/mol. The third kappa shape index (κ3) is 13100. The Morgan fingerprint density at radius 1 is 0.545 bits per heavy atom. The topological polar surface area (TPSA) is 176 Å². The standard InChI is InChI=1S/Ca.Li.3N3/c;;3*1-3-2/q+2;+1;3*-1. The van der Waals surface area contributed by atoms with E-state index in [9.17, 15) is 0 Å². The number of hydrogen-bond donors (Lipinski definition) is 0. The van der Waals surface area contributed by atoms with Crippen LogP contribution in [0.15, 0.2) is 0 Å². The molecule has 0 rings (SSSR count). The molecular weight excluding hydrogens is 173 g/mol. The molecule has 11 heteroatoms. The molecule has 0 aromatic rings. The summed E-state index contributed by atoms with van der Waals surface area (Å²) in [5.41, 5.74) is 40.5. The molecule has 0 aliphatic heterocycles. The Morgan fingerprint density at radius 2 is 0.545 bits per heavy atom. The van der Waals surface area contributed by atoms with Gasteiger partial charge in [-0.1, -0.05) is 0 Å². The van der Waals surface area contributed by atoms with Crippen molar-refractivity contribution in [2.24, 2.45) is 0 Å². The molecule has 0 unspecified atom stereocenters. The zero-order valence-corrected chi connectivity index (χ0v) is 7.94. The Hall–Kier alpha value is -0.213. The van der Waals surface area contributed by atoms with E-state index in [1.54, 1.807) is 0 Å². The van der Waals surface area contributed by atoms with Crippen molar-refractivity contribution in [2.45, 2.75) is 0 Å². The van der Waals surface area contributed by atoms with Crippen LogP contribution in [0.25, 0.3) is 47.9 Å². The van der Waals surface area contributed by atoms with Crippen LogP contribution >= 0.6 is 0 Å². The van der Waals surface area contributed by atoms with E-state index in [-0.39, 0.29) is 56.6 Å². The van der Waals surface area contributed by atoms with Gasteiger partial charge in [-0.25, -0.2) is 0 Å². The minimum absolute atomic E-state index is 0. The van der Waals surface area contributed by atoms with Crippen molar-refractivity contribution < 1.29 is 18.9 Å². The van der Waals surface area contributed by atoms with Crippen molar-refractivity contribution in [3.05, 3.63) is 47.9 Å². The van der Waals surface area contributed by atoms with Gasteiger partial charge >= 0.3 is 56.6 Å². The fraction of sp³-hybridized carbons (Fsp3) is 0. The van der Waals surface area contributed by atoms with Crippen molar-refractivity contribution in [3.63, 3.8) is 0 Å². The summed E-state index contributed by atoms with van der Waals surface area (Å²) in [6.07, 6.45) is 0. The molecule has 0 saturated carbocycles.